The summed E-state index contributed by atoms with van der Waals surface area (Å²) < 4.78 is 0.461. The monoisotopic (exact) mass is 332 g/mol. The van der Waals surface area contributed by atoms with Crippen molar-refractivity contribution < 1.29 is 0 Å². The highest BCUT2D eigenvalue weighted by atomic mass is 79.9. The lowest BCUT2D eigenvalue weighted by molar-refractivity contribution is 0.534. The molecular weight excluding hydrogens is 327 g/mol. The lowest BCUT2D eigenvalue weighted by atomic mass is 10.1. The molecule has 0 saturated heterocycles. The number of rotatable bonds is 1. The smallest absolute Gasteiger partial charge is 0.160 e. The molecular formula is C10H7BrCl2N4. The van der Waals surface area contributed by atoms with Crippen LogP contribution in [0.1, 0.15) is 11.6 Å². The molecule has 2 N–H and O–H groups in total. The summed E-state index contributed by atoms with van der Waals surface area (Å²) in [6.07, 6.45) is 6.65. The molecule has 88 valence electrons. The standard InChI is InChI=1S/C10H7BrCl2N4/c11-10(13)7(12)2-1-3-8(10)17-9(15)6(4-14)5-16-17/h1-3,5,8H,15H2. The van der Waals surface area contributed by atoms with Gasteiger partial charge in [-0.3, -0.25) is 0 Å². The quantitative estimate of drug-likeness (QED) is 0.803. The van der Waals surface area contributed by atoms with Gasteiger partial charge in [-0.05, 0) is 6.08 Å². The van der Waals surface area contributed by atoms with Gasteiger partial charge in [-0.25, -0.2) is 4.68 Å². The number of hydrogen-bond donors (Lipinski definition) is 1. The van der Waals surface area contributed by atoms with Crippen LogP contribution in [0.15, 0.2) is 29.5 Å². The molecule has 1 heterocycles. The van der Waals surface area contributed by atoms with Crippen LogP contribution in [-0.4, -0.2) is 13.6 Å². The van der Waals surface area contributed by atoms with Crippen LogP contribution in [0.4, 0.5) is 5.82 Å². The van der Waals surface area contributed by atoms with E-state index in [4.69, 9.17) is 34.2 Å². The lowest BCUT2D eigenvalue weighted by Crippen LogP contribution is -2.30. The molecule has 7 heteroatoms. The second kappa shape index (κ2) is 4.37. The van der Waals surface area contributed by atoms with E-state index in [2.05, 4.69) is 21.0 Å². The summed E-state index contributed by atoms with van der Waals surface area (Å²) in [5.74, 6) is 0.262. The molecule has 1 aliphatic rings. The predicted octanol–water partition coefficient (Wildman–Crippen LogP) is 2.90. The molecule has 0 radical (unpaired) electrons. The van der Waals surface area contributed by atoms with Gasteiger partial charge in [0.1, 0.15) is 23.5 Å². The van der Waals surface area contributed by atoms with Crippen molar-refractivity contribution in [3.63, 3.8) is 0 Å². The summed E-state index contributed by atoms with van der Waals surface area (Å²) in [7, 11) is 0. The van der Waals surface area contributed by atoms with Gasteiger partial charge in [0.25, 0.3) is 0 Å². The molecule has 2 unspecified atom stereocenters. The van der Waals surface area contributed by atoms with E-state index in [-0.39, 0.29) is 5.82 Å². The minimum Gasteiger partial charge on any atom is -0.383 e. The van der Waals surface area contributed by atoms with E-state index in [0.29, 0.717) is 10.6 Å². The number of nitrogen functional groups attached to an aromatic ring is 1. The molecule has 0 fully saturated rings. The van der Waals surface area contributed by atoms with Crippen molar-refractivity contribution in [3.05, 3.63) is 35.0 Å². The molecule has 0 aliphatic heterocycles. The van der Waals surface area contributed by atoms with Crippen LogP contribution in [0.25, 0.3) is 0 Å². The molecule has 4 nitrogen and oxygen atoms in total. The zero-order valence-electron chi connectivity index (χ0n) is 8.44. The van der Waals surface area contributed by atoms with E-state index in [1.807, 2.05) is 6.07 Å². The molecule has 0 spiro atoms. The molecule has 0 saturated carbocycles. The van der Waals surface area contributed by atoms with Gasteiger partial charge in [-0.2, -0.15) is 10.4 Å². The second-order valence-corrected chi connectivity index (χ2v) is 6.18. The Balaban J connectivity index is 2.48. The van der Waals surface area contributed by atoms with E-state index in [1.54, 1.807) is 18.2 Å². The summed E-state index contributed by atoms with van der Waals surface area (Å²) in [5.41, 5.74) is 6.12. The lowest BCUT2D eigenvalue weighted by Gasteiger charge is -2.30. The molecule has 2 atom stereocenters. The average molecular weight is 334 g/mol. The Morgan fingerprint density at radius 2 is 2.35 bits per heavy atom. The van der Waals surface area contributed by atoms with Gasteiger partial charge in [-0.15, -0.1) is 0 Å². The number of nitrogens with zero attached hydrogens (tertiary/aromatic N) is 3. The Kier molecular flexibility index (Phi) is 3.21. The number of halogens is 3. The fourth-order valence-corrected chi connectivity index (χ4v) is 2.42. The van der Waals surface area contributed by atoms with Crippen LogP contribution in [-0.2, 0) is 0 Å². The van der Waals surface area contributed by atoms with Gasteiger partial charge in [0.2, 0.25) is 0 Å². The highest BCUT2D eigenvalue weighted by Crippen LogP contribution is 2.47. The van der Waals surface area contributed by atoms with Crippen LogP contribution in [0.2, 0.25) is 0 Å². The number of hydrogen-bond acceptors (Lipinski definition) is 3. The van der Waals surface area contributed by atoms with E-state index < -0.39 is 9.83 Å². The number of anilines is 1. The van der Waals surface area contributed by atoms with Crippen LogP contribution in [0.3, 0.4) is 0 Å². The van der Waals surface area contributed by atoms with E-state index in [1.165, 1.54) is 10.9 Å². The van der Waals surface area contributed by atoms with Gasteiger partial charge in [0, 0.05) is 0 Å². The normalized spacial score (nSPS) is 27.6. The van der Waals surface area contributed by atoms with Gasteiger partial charge in [-0.1, -0.05) is 51.3 Å². The van der Waals surface area contributed by atoms with Crippen molar-refractivity contribution >= 4 is 44.9 Å². The number of allylic oxidation sites excluding steroid dienone is 4. The van der Waals surface area contributed by atoms with Gasteiger partial charge >= 0.3 is 0 Å². The Labute approximate surface area is 116 Å². The largest absolute Gasteiger partial charge is 0.383 e. The van der Waals surface area contributed by atoms with Crippen molar-refractivity contribution in [2.24, 2.45) is 0 Å². The maximum Gasteiger partial charge on any atom is 0.160 e. The molecule has 1 aromatic heterocycles. The van der Waals surface area contributed by atoms with E-state index in [9.17, 15) is 0 Å². The topological polar surface area (TPSA) is 67.6 Å². The molecule has 1 aromatic rings. The third-order valence-electron chi connectivity index (χ3n) is 2.44. The van der Waals surface area contributed by atoms with Crippen molar-refractivity contribution in [1.82, 2.24) is 9.78 Å². The van der Waals surface area contributed by atoms with Gasteiger partial charge < -0.3 is 5.73 Å². The molecule has 0 amide bonds. The maximum absolute atomic E-state index is 8.83. The van der Waals surface area contributed by atoms with Crippen LogP contribution in [0, 0.1) is 11.3 Å². The first-order valence-corrected chi connectivity index (χ1v) is 6.18. The first kappa shape index (κ1) is 12.5. The third kappa shape index (κ3) is 1.97. The average Bonchev–Trinajstić information content (AvgIpc) is 2.64. The highest BCUT2D eigenvalue weighted by molar-refractivity contribution is 9.10. The zero-order chi connectivity index (χ0) is 12.6. The Morgan fingerprint density at radius 3 is 2.94 bits per heavy atom. The summed E-state index contributed by atoms with van der Waals surface area (Å²) in [6, 6.07) is 1.56. The van der Waals surface area contributed by atoms with Crippen LogP contribution >= 0.6 is 39.1 Å². The summed E-state index contributed by atoms with van der Waals surface area (Å²) in [4.78, 5) is 0. The van der Waals surface area contributed by atoms with Crippen molar-refractivity contribution in [1.29, 1.82) is 5.26 Å². The van der Waals surface area contributed by atoms with Crippen molar-refractivity contribution in [2.45, 2.75) is 9.83 Å². The van der Waals surface area contributed by atoms with Crippen LogP contribution < -0.4 is 5.73 Å². The van der Waals surface area contributed by atoms with Crippen LogP contribution in [0.5, 0.6) is 0 Å². The Hall–Kier alpha value is -0.960. The third-order valence-corrected chi connectivity index (χ3v) is 4.52. The summed E-state index contributed by atoms with van der Waals surface area (Å²) >= 11 is 15.7. The summed E-state index contributed by atoms with van der Waals surface area (Å²) in [6.45, 7) is 0. The fourth-order valence-electron chi connectivity index (χ4n) is 1.53. The second-order valence-electron chi connectivity index (χ2n) is 3.47. The first-order valence-electron chi connectivity index (χ1n) is 4.64. The van der Waals surface area contributed by atoms with Gasteiger partial charge in [0.05, 0.1) is 11.2 Å². The predicted molar refractivity (Wildman–Crippen MR) is 71.0 cm³/mol. The maximum atomic E-state index is 8.83. The Morgan fingerprint density at radius 1 is 1.65 bits per heavy atom. The molecule has 0 aromatic carbocycles. The number of nitrogens with two attached hydrogens (primary N) is 1. The number of alkyl halides is 2. The molecule has 1 aliphatic carbocycles. The molecule has 2 rings (SSSR count). The highest BCUT2D eigenvalue weighted by Gasteiger charge is 2.40. The molecule has 17 heavy (non-hydrogen) atoms. The zero-order valence-corrected chi connectivity index (χ0v) is 11.5. The SMILES string of the molecule is N#Cc1cnn(C2C=CC=C(Cl)C2(Cl)Br)c1N. The Bertz CT molecular complexity index is 553. The van der Waals surface area contributed by atoms with Crippen molar-refractivity contribution in [2.75, 3.05) is 5.73 Å². The molecule has 0 bridgehead atoms. The first-order chi connectivity index (χ1) is 7.98. The minimum absolute atomic E-state index is 0.262. The van der Waals surface area contributed by atoms with E-state index >= 15 is 0 Å². The number of aromatic nitrogens is 2. The minimum atomic E-state index is -1.00. The van der Waals surface area contributed by atoms with Crippen molar-refractivity contribution in [3.8, 4) is 6.07 Å². The fraction of sp³-hybridized carbons (Fsp3) is 0.200. The number of nitriles is 1. The van der Waals surface area contributed by atoms with Gasteiger partial charge in [0.15, 0.2) is 3.78 Å². The summed E-state index contributed by atoms with van der Waals surface area (Å²) in [5, 5.41) is 13.3. The van der Waals surface area contributed by atoms with E-state index in [0.717, 1.165) is 0 Å².